The molecule has 1 N–H and O–H groups in total. The molecule has 0 saturated carbocycles. The minimum absolute atomic E-state index is 0.155. The Bertz CT molecular complexity index is 1600. The summed E-state index contributed by atoms with van der Waals surface area (Å²) in [7, 11) is 0. The van der Waals surface area contributed by atoms with Gasteiger partial charge in [0.2, 0.25) is 0 Å². The summed E-state index contributed by atoms with van der Waals surface area (Å²) >= 11 is 0. The van der Waals surface area contributed by atoms with E-state index in [1.165, 1.54) is 47.4 Å². The zero-order chi connectivity index (χ0) is 41.3. The molecular formula is C51H69F3O. The van der Waals surface area contributed by atoms with Crippen LogP contribution in [0.2, 0.25) is 0 Å². The van der Waals surface area contributed by atoms with Gasteiger partial charge in [-0.1, -0.05) is 185 Å². The van der Waals surface area contributed by atoms with Gasteiger partial charge in [0.05, 0.1) is 6.10 Å². The molecule has 2 atom stereocenters. The van der Waals surface area contributed by atoms with Crippen LogP contribution in [0.4, 0.5) is 13.2 Å². The Kier molecular flexibility index (Phi) is 24.4. The molecule has 2 unspecified atom stereocenters. The summed E-state index contributed by atoms with van der Waals surface area (Å²) in [5.74, 6) is 1.89. The highest BCUT2D eigenvalue weighted by molar-refractivity contribution is 5.20. The number of aliphatic hydroxyl groups is 1. The molecule has 0 heterocycles. The lowest BCUT2D eigenvalue weighted by Gasteiger charge is -2.15. The van der Waals surface area contributed by atoms with Crippen molar-refractivity contribution in [1.82, 2.24) is 0 Å². The summed E-state index contributed by atoms with van der Waals surface area (Å²) in [4.78, 5) is 0. The number of aliphatic hydroxyl groups excluding tert-OH is 1. The summed E-state index contributed by atoms with van der Waals surface area (Å²) in [5.41, 5.74) is 5.95. The minimum Gasteiger partial charge on any atom is -0.388 e. The fraction of sp³-hybridized carbons (Fsp3) is 0.412. The van der Waals surface area contributed by atoms with E-state index in [0.29, 0.717) is 17.8 Å². The second kappa shape index (κ2) is 27.4. The van der Waals surface area contributed by atoms with Crippen molar-refractivity contribution in [2.45, 2.75) is 107 Å². The van der Waals surface area contributed by atoms with E-state index >= 15 is 0 Å². The first-order chi connectivity index (χ1) is 26.0. The van der Waals surface area contributed by atoms with E-state index in [0.717, 1.165) is 35.8 Å². The quantitative estimate of drug-likeness (QED) is 0.151. The third-order valence-corrected chi connectivity index (χ3v) is 8.77. The average molecular weight is 755 g/mol. The van der Waals surface area contributed by atoms with Crippen LogP contribution in [0.25, 0.3) is 0 Å². The molecule has 0 aliphatic rings. The van der Waals surface area contributed by atoms with Crippen LogP contribution in [0.1, 0.15) is 116 Å². The highest BCUT2D eigenvalue weighted by atomic mass is 19.2. The van der Waals surface area contributed by atoms with Gasteiger partial charge >= 0.3 is 0 Å². The van der Waals surface area contributed by atoms with Crippen LogP contribution in [-0.4, -0.2) is 5.11 Å². The molecule has 1 nitrogen and oxygen atoms in total. The lowest BCUT2D eigenvalue weighted by molar-refractivity contribution is 0.127. The van der Waals surface area contributed by atoms with E-state index in [1.54, 1.807) is 6.07 Å². The summed E-state index contributed by atoms with van der Waals surface area (Å²) in [5, 5.41) is 9.60. The second-order valence-corrected chi connectivity index (χ2v) is 16.2. The monoisotopic (exact) mass is 755 g/mol. The molecule has 0 aromatic heterocycles. The lowest BCUT2D eigenvalue weighted by atomic mass is 9.91. The Balaban J connectivity index is 0.000000344. The van der Waals surface area contributed by atoms with Crippen molar-refractivity contribution in [3.05, 3.63) is 179 Å². The van der Waals surface area contributed by atoms with E-state index in [4.69, 9.17) is 0 Å². The van der Waals surface area contributed by atoms with Crippen molar-refractivity contribution in [1.29, 1.82) is 0 Å². The fourth-order valence-electron chi connectivity index (χ4n) is 5.49. The number of hydrogen-bond donors (Lipinski definition) is 1. The Morgan fingerprint density at radius 3 is 1.18 bits per heavy atom. The first-order valence-electron chi connectivity index (χ1n) is 20.0. The fourth-order valence-corrected chi connectivity index (χ4v) is 5.49. The maximum absolute atomic E-state index is 12.7. The highest BCUT2D eigenvalue weighted by Crippen LogP contribution is 2.23. The van der Waals surface area contributed by atoms with Crippen LogP contribution in [0.5, 0.6) is 0 Å². The smallest absolute Gasteiger partial charge is 0.159 e. The molecule has 0 fully saturated rings. The van der Waals surface area contributed by atoms with Gasteiger partial charge in [-0.3, -0.25) is 0 Å². The van der Waals surface area contributed by atoms with Crippen LogP contribution in [0, 0.1) is 47.0 Å². The molecule has 5 rings (SSSR count). The molecule has 0 amide bonds. The van der Waals surface area contributed by atoms with Gasteiger partial charge in [-0.05, 0) is 107 Å². The Morgan fingerprint density at radius 2 is 0.782 bits per heavy atom. The SMILES string of the molecule is CC(C)C(C)c1ccccc1.CC(C)C(O)c1ccccc1.CC(C)Cc1ccc(F)c(F)c1.CC(C)Cc1ccc(F)cc1.CC(C)Cc1ccccc1. The summed E-state index contributed by atoms with van der Waals surface area (Å²) < 4.78 is 37.5. The van der Waals surface area contributed by atoms with Gasteiger partial charge in [0.15, 0.2) is 11.6 Å². The van der Waals surface area contributed by atoms with Crippen molar-refractivity contribution in [3.63, 3.8) is 0 Å². The molecule has 300 valence electrons. The maximum atomic E-state index is 12.7. The number of halogens is 3. The highest BCUT2D eigenvalue weighted by Gasteiger charge is 2.10. The molecule has 5 aromatic rings. The molecule has 0 bridgehead atoms. The van der Waals surface area contributed by atoms with Crippen molar-refractivity contribution in [3.8, 4) is 0 Å². The topological polar surface area (TPSA) is 20.2 Å². The zero-order valence-corrected chi connectivity index (χ0v) is 35.4. The van der Waals surface area contributed by atoms with E-state index in [9.17, 15) is 18.3 Å². The first-order valence-corrected chi connectivity index (χ1v) is 20.0. The maximum Gasteiger partial charge on any atom is 0.159 e. The van der Waals surface area contributed by atoms with Gasteiger partial charge in [0, 0.05) is 0 Å². The molecule has 5 aromatic carbocycles. The van der Waals surface area contributed by atoms with Crippen molar-refractivity contribution >= 4 is 0 Å². The minimum atomic E-state index is -0.775. The predicted molar refractivity (Wildman–Crippen MR) is 231 cm³/mol. The van der Waals surface area contributed by atoms with E-state index in [2.05, 4.69) is 109 Å². The Labute approximate surface area is 333 Å². The predicted octanol–water partition coefficient (Wildman–Crippen LogP) is 14.9. The van der Waals surface area contributed by atoms with E-state index < -0.39 is 11.6 Å². The molecule has 0 spiro atoms. The van der Waals surface area contributed by atoms with Gasteiger partial charge < -0.3 is 5.11 Å². The standard InChI is InChI=1S/C11H16.C10H12F2.C10H13F.C10H14O.C10H14/c1-9(2)10(3)11-7-5-4-6-8-11;1-7(2)5-8-3-4-9(11)10(12)6-8;1-8(2)7-9-3-5-10(11)6-4-9;1-8(2)10(11)9-6-4-3-5-7-9;1-9(2)8-10-6-4-3-5-7-10/h4-10H,1-3H3;3-4,6-7H,5H2,1-2H3;3-6,8H,7H2,1-2H3;3-8,10-11H,1-2H3;3-7,9H,8H2,1-2H3. The summed E-state index contributed by atoms with van der Waals surface area (Å²) in [6.07, 6.45) is 2.69. The molecule has 0 saturated heterocycles. The lowest BCUT2D eigenvalue weighted by Crippen LogP contribution is -2.04. The normalized spacial score (nSPS) is 11.7. The van der Waals surface area contributed by atoms with Gasteiger partial charge in [0.25, 0.3) is 0 Å². The molecule has 0 aliphatic carbocycles. The third kappa shape index (κ3) is 22.7. The molecule has 55 heavy (non-hydrogen) atoms. The second-order valence-electron chi connectivity index (χ2n) is 16.2. The molecule has 0 aliphatic heterocycles. The van der Waals surface area contributed by atoms with E-state index in [1.807, 2.05) is 70.2 Å². The van der Waals surface area contributed by atoms with E-state index in [-0.39, 0.29) is 17.8 Å². The number of hydrogen-bond acceptors (Lipinski definition) is 1. The average Bonchev–Trinajstić information content (AvgIpc) is 3.15. The van der Waals surface area contributed by atoms with Gasteiger partial charge in [-0.15, -0.1) is 0 Å². The van der Waals surface area contributed by atoms with Crippen LogP contribution < -0.4 is 0 Å². The van der Waals surface area contributed by atoms with Crippen LogP contribution in [0.15, 0.2) is 133 Å². The largest absolute Gasteiger partial charge is 0.388 e. The summed E-state index contributed by atoms with van der Waals surface area (Å²) in [6.45, 7) is 23.7. The number of benzene rings is 5. The molecular weight excluding hydrogens is 686 g/mol. The van der Waals surface area contributed by atoms with Crippen molar-refractivity contribution < 1.29 is 18.3 Å². The first kappa shape index (κ1) is 48.9. The van der Waals surface area contributed by atoms with Gasteiger partial charge in [-0.2, -0.15) is 0 Å². The van der Waals surface area contributed by atoms with Crippen LogP contribution in [0.3, 0.4) is 0 Å². The van der Waals surface area contributed by atoms with Crippen molar-refractivity contribution in [2.75, 3.05) is 0 Å². The third-order valence-electron chi connectivity index (χ3n) is 8.77. The Hall–Kier alpha value is -4.15. The molecule has 0 radical (unpaired) electrons. The zero-order valence-electron chi connectivity index (χ0n) is 35.4. The summed E-state index contributed by atoms with van der Waals surface area (Å²) in [6, 6.07) is 41.8. The Morgan fingerprint density at radius 1 is 0.400 bits per heavy atom. The number of rotatable bonds is 10. The molecule has 4 heteroatoms. The van der Waals surface area contributed by atoms with Crippen LogP contribution in [-0.2, 0) is 19.3 Å². The van der Waals surface area contributed by atoms with Gasteiger partial charge in [-0.25, -0.2) is 13.2 Å². The van der Waals surface area contributed by atoms with Crippen molar-refractivity contribution in [2.24, 2.45) is 29.6 Å². The van der Waals surface area contributed by atoms with Crippen LogP contribution >= 0.6 is 0 Å². The van der Waals surface area contributed by atoms with Gasteiger partial charge in [0.1, 0.15) is 5.82 Å².